The minimum Gasteiger partial charge on any atom is -0.493 e. The molecule has 5 heteroatoms. The van der Waals surface area contributed by atoms with Crippen molar-refractivity contribution in [3.8, 4) is 11.5 Å². The van der Waals surface area contributed by atoms with Gasteiger partial charge in [-0.2, -0.15) is 0 Å². The molecule has 0 aliphatic heterocycles. The van der Waals surface area contributed by atoms with E-state index in [1.807, 2.05) is 36.5 Å². The van der Waals surface area contributed by atoms with Crippen molar-refractivity contribution in [2.75, 3.05) is 20.8 Å². The Kier molecular flexibility index (Phi) is 7.68. The van der Waals surface area contributed by atoms with Crippen LogP contribution < -0.4 is 14.8 Å². The normalized spacial score (nSPS) is 12.4. The standard InChI is InChI=1S/C31H36N2O3/c1-31(2,3)23-13-11-22(12-14-23)25(26-20-33-27-9-7-6-8-24(26)27)19-30(34)32-17-16-21-10-15-28(35-4)29(18-21)36-5/h6-15,18,20,25,33H,16-17,19H2,1-5H3,(H,32,34)/t25-/m1/s1. The number of aromatic amines is 1. The third-order valence-electron chi connectivity index (χ3n) is 6.75. The lowest BCUT2D eigenvalue weighted by Crippen LogP contribution is -2.27. The van der Waals surface area contributed by atoms with Crippen LogP contribution in [0, 0.1) is 0 Å². The third-order valence-corrected chi connectivity index (χ3v) is 6.75. The van der Waals surface area contributed by atoms with Crippen molar-refractivity contribution < 1.29 is 14.3 Å². The van der Waals surface area contributed by atoms with Crippen LogP contribution in [0.15, 0.2) is 72.9 Å². The molecule has 2 N–H and O–H groups in total. The number of amides is 1. The summed E-state index contributed by atoms with van der Waals surface area (Å²) in [6, 6.07) is 22.8. The van der Waals surface area contributed by atoms with E-state index in [2.05, 4.69) is 67.5 Å². The first kappa shape index (κ1) is 25.4. The summed E-state index contributed by atoms with van der Waals surface area (Å²) in [7, 11) is 3.25. The van der Waals surface area contributed by atoms with Gasteiger partial charge in [-0.25, -0.2) is 0 Å². The zero-order valence-corrected chi connectivity index (χ0v) is 21.9. The summed E-state index contributed by atoms with van der Waals surface area (Å²) in [4.78, 5) is 16.5. The van der Waals surface area contributed by atoms with E-state index in [1.165, 1.54) is 5.56 Å². The molecule has 0 bridgehead atoms. The Balaban J connectivity index is 1.51. The number of rotatable bonds is 9. The van der Waals surface area contributed by atoms with Gasteiger partial charge in [-0.1, -0.05) is 69.3 Å². The maximum Gasteiger partial charge on any atom is 0.220 e. The maximum atomic E-state index is 13.1. The molecule has 0 aliphatic carbocycles. The summed E-state index contributed by atoms with van der Waals surface area (Å²) >= 11 is 0. The highest BCUT2D eigenvalue weighted by molar-refractivity contribution is 5.86. The largest absolute Gasteiger partial charge is 0.493 e. The molecular weight excluding hydrogens is 448 g/mol. The van der Waals surface area contributed by atoms with Crippen LogP contribution in [0.3, 0.4) is 0 Å². The zero-order chi connectivity index (χ0) is 25.7. The Hall–Kier alpha value is -3.73. The van der Waals surface area contributed by atoms with Crippen LogP contribution in [0.4, 0.5) is 0 Å². The number of methoxy groups -OCH3 is 2. The number of carbonyl (C=O) groups is 1. The van der Waals surface area contributed by atoms with Crippen LogP contribution in [-0.4, -0.2) is 31.7 Å². The molecule has 1 heterocycles. The van der Waals surface area contributed by atoms with Crippen molar-refractivity contribution in [1.29, 1.82) is 0 Å². The van der Waals surface area contributed by atoms with Crippen LogP contribution in [-0.2, 0) is 16.6 Å². The van der Waals surface area contributed by atoms with Gasteiger partial charge in [-0.3, -0.25) is 4.79 Å². The maximum absolute atomic E-state index is 13.1. The van der Waals surface area contributed by atoms with Gasteiger partial charge < -0.3 is 19.8 Å². The second kappa shape index (κ2) is 10.9. The smallest absolute Gasteiger partial charge is 0.220 e. The van der Waals surface area contributed by atoms with Crippen LogP contribution in [0.1, 0.15) is 55.4 Å². The van der Waals surface area contributed by atoms with Crippen molar-refractivity contribution >= 4 is 16.8 Å². The Morgan fingerprint density at radius 2 is 1.67 bits per heavy atom. The van der Waals surface area contributed by atoms with E-state index < -0.39 is 0 Å². The lowest BCUT2D eigenvalue weighted by atomic mass is 9.83. The fraction of sp³-hybridized carbons (Fsp3) is 0.323. The van der Waals surface area contributed by atoms with Crippen molar-refractivity contribution in [3.63, 3.8) is 0 Å². The molecule has 4 aromatic rings. The average molecular weight is 485 g/mol. The highest BCUT2D eigenvalue weighted by atomic mass is 16.5. The molecule has 0 fully saturated rings. The van der Waals surface area contributed by atoms with Gasteiger partial charge in [0.2, 0.25) is 5.91 Å². The van der Waals surface area contributed by atoms with E-state index in [-0.39, 0.29) is 17.2 Å². The van der Waals surface area contributed by atoms with Crippen molar-refractivity contribution in [2.24, 2.45) is 0 Å². The Morgan fingerprint density at radius 3 is 2.36 bits per heavy atom. The second-order valence-corrected chi connectivity index (χ2v) is 10.2. The van der Waals surface area contributed by atoms with Crippen LogP contribution >= 0.6 is 0 Å². The summed E-state index contributed by atoms with van der Waals surface area (Å²) in [6.45, 7) is 7.19. The molecule has 3 aromatic carbocycles. The third kappa shape index (κ3) is 5.73. The first-order valence-corrected chi connectivity index (χ1v) is 12.4. The minimum absolute atomic E-state index is 0.0330. The van der Waals surface area contributed by atoms with Gasteiger partial charge in [0.15, 0.2) is 11.5 Å². The summed E-state index contributed by atoms with van der Waals surface area (Å²) in [5.41, 5.74) is 5.81. The lowest BCUT2D eigenvalue weighted by molar-refractivity contribution is -0.121. The number of aromatic nitrogens is 1. The molecule has 5 nitrogen and oxygen atoms in total. The molecule has 188 valence electrons. The van der Waals surface area contributed by atoms with E-state index >= 15 is 0 Å². The van der Waals surface area contributed by atoms with Crippen LogP contribution in [0.25, 0.3) is 10.9 Å². The Labute approximate surface area is 213 Å². The molecule has 36 heavy (non-hydrogen) atoms. The molecule has 1 aromatic heterocycles. The molecule has 1 amide bonds. The molecule has 0 spiro atoms. The second-order valence-electron chi connectivity index (χ2n) is 10.2. The first-order valence-electron chi connectivity index (χ1n) is 12.4. The fourth-order valence-corrected chi connectivity index (χ4v) is 4.65. The molecule has 0 aliphatic rings. The summed E-state index contributed by atoms with van der Waals surface area (Å²) < 4.78 is 10.7. The Bertz CT molecular complexity index is 1320. The molecule has 0 unspecified atom stereocenters. The highest BCUT2D eigenvalue weighted by Crippen LogP contribution is 2.34. The number of benzene rings is 3. The lowest BCUT2D eigenvalue weighted by Gasteiger charge is -2.22. The number of nitrogens with one attached hydrogen (secondary N) is 2. The van der Waals surface area contributed by atoms with Gasteiger partial charge in [0.25, 0.3) is 0 Å². The van der Waals surface area contributed by atoms with E-state index in [0.29, 0.717) is 30.9 Å². The number of H-pyrrole nitrogens is 1. The molecule has 4 rings (SSSR count). The van der Waals surface area contributed by atoms with E-state index in [4.69, 9.17) is 9.47 Å². The van der Waals surface area contributed by atoms with Gasteiger partial charge in [0.1, 0.15) is 0 Å². The van der Waals surface area contributed by atoms with Crippen molar-refractivity contribution in [3.05, 3.63) is 95.2 Å². The summed E-state index contributed by atoms with van der Waals surface area (Å²) in [5, 5.41) is 4.28. The summed E-state index contributed by atoms with van der Waals surface area (Å²) in [6.07, 6.45) is 3.14. The van der Waals surface area contributed by atoms with Crippen LogP contribution in [0.5, 0.6) is 11.5 Å². The number of hydrogen-bond donors (Lipinski definition) is 2. The van der Waals surface area contributed by atoms with E-state index in [9.17, 15) is 4.79 Å². The molecule has 0 saturated carbocycles. The van der Waals surface area contributed by atoms with Gasteiger partial charge >= 0.3 is 0 Å². The molecule has 0 radical (unpaired) electrons. The monoisotopic (exact) mass is 484 g/mol. The fourth-order valence-electron chi connectivity index (χ4n) is 4.65. The predicted molar refractivity (Wildman–Crippen MR) is 146 cm³/mol. The first-order chi connectivity index (χ1) is 17.3. The zero-order valence-electron chi connectivity index (χ0n) is 21.9. The summed E-state index contributed by atoms with van der Waals surface area (Å²) in [5.74, 6) is 1.38. The van der Waals surface area contributed by atoms with Gasteiger partial charge in [0.05, 0.1) is 14.2 Å². The molecule has 1 atom stereocenters. The Morgan fingerprint density at radius 1 is 0.944 bits per heavy atom. The molecular formula is C31H36N2O3. The number of para-hydroxylation sites is 1. The quantitative estimate of drug-likeness (QED) is 0.290. The predicted octanol–water partition coefficient (Wildman–Crippen LogP) is 6.36. The molecule has 0 saturated heterocycles. The van der Waals surface area contributed by atoms with Gasteiger partial charge in [-0.15, -0.1) is 0 Å². The number of fused-ring (bicyclic) bond motifs is 1. The minimum atomic E-state index is -0.0451. The number of carbonyl (C=O) groups excluding carboxylic acids is 1. The number of hydrogen-bond acceptors (Lipinski definition) is 3. The van der Waals surface area contributed by atoms with Crippen molar-refractivity contribution in [2.45, 2.75) is 44.9 Å². The van der Waals surface area contributed by atoms with E-state index in [0.717, 1.165) is 27.6 Å². The SMILES string of the molecule is COc1ccc(CCNC(=O)C[C@H](c2ccc(C(C)(C)C)cc2)c2c[nH]c3ccccc23)cc1OC. The van der Waals surface area contributed by atoms with E-state index in [1.54, 1.807) is 14.2 Å². The van der Waals surface area contributed by atoms with Gasteiger partial charge in [0, 0.05) is 36.0 Å². The van der Waals surface area contributed by atoms with Crippen LogP contribution in [0.2, 0.25) is 0 Å². The number of ether oxygens (including phenoxy) is 2. The van der Waals surface area contributed by atoms with Crippen molar-refractivity contribution in [1.82, 2.24) is 10.3 Å². The topological polar surface area (TPSA) is 63.3 Å². The highest BCUT2D eigenvalue weighted by Gasteiger charge is 2.22. The van der Waals surface area contributed by atoms with Gasteiger partial charge in [-0.05, 0) is 52.3 Å². The average Bonchev–Trinajstić information content (AvgIpc) is 3.30.